The molecule has 1 aliphatic carbocycles. The van der Waals surface area contributed by atoms with Crippen molar-refractivity contribution in [2.75, 3.05) is 23.9 Å². The molecule has 2 aromatic rings. The van der Waals surface area contributed by atoms with Gasteiger partial charge in [-0.05, 0) is 74.9 Å². The van der Waals surface area contributed by atoms with E-state index < -0.39 is 5.79 Å². The third-order valence-corrected chi connectivity index (χ3v) is 6.82. The Bertz CT molecular complexity index is 930. The van der Waals surface area contributed by atoms with Crippen molar-refractivity contribution >= 4 is 17.3 Å². The first-order chi connectivity index (χ1) is 14.9. The topological polar surface area (TPSA) is 60.0 Å². The van der Waals surface area contributed by atoms with E-state index in [0.29, 0.717) is 5.92 Å². The van der Waals surface area contributed by atoms with E-state index in [1.165, 1.54) is 0 Å². The minimum absolute atomic E-state index is 0.0335. The Kier molecular flexibility index (Phi) is 5.15. The highest BCUT2D eigenvalue weighted by Crippen LogP contribution is 2.48. The summed E-state index contributed by atoms with van der Waals surface area (Å²) >= 11 is 0. The molecule has 1 N–H and O–H groups in total. The van der Waals surface area contributed by atoms with Gasteiger partial charge < -0.3 is 24.4 Å². The predicted molar refractivity (Wildman–Crippen MR) is 119 cm³/mol. The monoisotopic (exact) mass is 422 g/mol. The third kappa shape index (κ3) is 3.90. The number of nitrogens with one attached hydrogen (secondary N) is 1. The van der Waals surface area contributed by atoms with E-state index in [2.05, 4.69) is 10.2 Å². The summed E-state index contributed by atoms with van der Waals surface area (Å²) in [6, 6.07) is 17.4. The van der Waals surface area contributed by atoms with Gasteiger partial charge in [-0.25, -0.2) is 0 Å². The number of nitrogens with zero attached hydrogens (tertiary/aromatic N) is 1. The van der Waals surface area contributed by atoms with Gasteiger partial charge in [-0.15, -0.1) is 0 Å². The zero-order valence-corrected chi connectivity index (χ0v) is 18.3. The normalized spacial score (nSPS) is 31.1. The van der Waals surface area contributed by atoms with Crippen LogP contribution in [-0.2, 0) is 14.3 Å². The maximum atomic E-state index is 13.5. The molecule has 6 heteroatoms. The number of fused-ring (bicyclic) bond motifs is 2. The number of para-hydroxylation sites is 1. The van der Waals surface area contributed by atoms with E-state index in [4.69, 9.17) is 14.2 Å². The molecule has 5 atom stereocenters. The second kappa shape index (κ2) is 7.84. The first-order valence-electron chi connectivity index (χ1n) is 11.1. The minimum Gasteiger partial charge on any atom is -0.497 e. The molecule has 2 heterocycles. The van der Waals surface area contributed by atoms with Crippen LogP contribution in [0.1, 0.15) is 26.7 Å². The van der Waals surface area contributed by atoms with Crippen LogP contribution in [0.3, 0.4) is 0 Å². The van der Waals surface area contributed by atoms with Crippen LogP contribution in [0.2, 0.25) is 0 Å². The molecule has 0 radical (unpaired) electrons. The van der Waals surface area contributed by atoms with Gasteiger partial charge in [0.2, 0.25) is 5.91 Å². The molecule has 1 amide bonds. The fraction of sp³-hybridized carbons (Fsp3) is 0.480. The Morgan fingerprint density at radius 2 is 1.71 bits per heavy atom. The highest BCUT2D eigenvalue weighted by Gasteiger charge is 2.55. The number of anilines is 2. The van der Waals surface area contributed by atoms with Gasteiger partial charge in [0.25, 0.3) is 0 Å². The van der Waals surface area contributed by atoms with Gasteiger partial charge in [-0.2, -0.15) is 0 Å². The average Bonchev–Trinajstić information content (AvgIpc) is 3.27. The van der Waals surface area contributed by atoms with E-state index in [1.54, 1.807) is 7.11 Å². The predicted octanol–water partition coefficient (Wildman–Crippen LogP) is 4.07. The molecule has 0 unspecified atom stereocenters. The molecule has 0 spiro atoms. The van der Waals surface area contributed by atoms with Crippen LogP contribution in [0, 0.1) is 11.8 Å². The van der Waals surface area contributed by atoms with E-state index in [9.17, 15) is 4.79 Å². The molecular formula is C25H30N2O4. The summed E-state index contributed by atoms with van der Waals surface area (Å²) in [5.41, 5.74) is 1.86. The fourth-order valence-corrected chi connectivity index (χ4v) is 5.55. The Balaban J connectivity index is 1.44. The molecule has 6 nitrogen and oxygen atoms in total. The summed E-state index contributed by atoms with van der Waals surface area (Å²) in [7, 11) is 1.66. The van der Waals surface area contributed by atoms with Crippen LogP contribution < -0.4 is 15.0 Å². The Hall–Kier alpha value is -2.57. The highest BCUT2D eigenvalue weighted by atomic mass is 16.7. The van der Waals surface area contributed by atoms with Crippen molar-refractivity contribution < 1.29 is 19.0 Å². The standard InChI is InChI=1S/C25H30N2O4/c1-25(2)30-21-13-16-15-27(18-9-11-19(29-3)12-10-18)23(20(16)14-22(21)31-25)24(28)26-17-7-5-4-6-8-17/h4-12,16,20-23H,13-15H2,1-3H3,(H,26,28)/t16-,20-,21+,22-,23-/m1/s1. The number of hydrogen-bond donors (Lipinski definition) is 1. The van der Waals surface area contributed by atoms with Gasteiger partial charge in [-0.1, -0.05) is 18.2 Å². The quantitative estimate of drug-likeness (QED) is 0.805. The number of benzene rings is 2. The molecule has 164 valence electrons. The van der Waals surface area contributed by atoms with Gasteiger partial charge in [0, 0.05) is 17.9 Å². The van der Waals surface area contributed by atoms with Crippen LogP contribution in [-0.4, -0.2) is 43.6 Å². The largest absolute Gasteiger partial charge is 0.497 e. The second-order valence-electron chi connectivity index (χ2n) is 9.26. The summed E-state index contributed by atoms with van der Waals surface area (Å²) in [6.07, 6.45) is 1.89. The van der Waals surface area contributed by atoms with Crippen molar-refractivity contribution in [3.05, 3.63) is 54.6 Å². The first kappa shape index (κ1) is 20.3. The van der Waals surface area contributed by atoms with E-state index in [0.717, 1.165) is 36.5 Å². The number of carbonyl (C=O) groups is 1. The molecule has 2 aliphatic heterocycles. The lowest BCUT2D eigenvalue weighted by Crippen LogP contribution is -2.46. The van der Waals surface area contributed by atoms with Crippen molar-refractivity contribution in [2.45, 2.75) is 50.7 Å². The number of carbonyl (C=O) groups excluding carboxylic acids is 1. The molecule has 3 fully saturated rings. The van der Waals surface area contributed by atoms with Crippen molar-refractivity contribution in [3.8, 4) is 5.75 Å². The maximum absolute atomic E-state index is 13.5. The third-order valence-electron chi connectivity index (χ3n) is 6.82. The Labute approximate surface area is 183 Å². The van der Waals surface area contributed by atoms with Crippen molar-refractivity contribution in [1.82, 2.24) is 0 Å². The van der Waals surface area contributed by atoms with Crippen LogP contribution in [0.4, 0.5) is 11.4 Å². The van der Waals surface area contributed by atoms with Gasteiger partial charge in [0.05, 0.1) is 19.3 Å². The van der Waals surface area contributed by atoms with Gasteiger partial charge in [-0.3, -0.25) is 4.79 Å². The molecule has 5 rings (SSSR count). The molecule has 0 bridgehead atoms. The van der Waals surface area contributed by atoms with Gasteiger partial charge in [0.1, 0.15) is 11.8 Å². The molecule has 1 saturated carbocycles. The first-order valence-corrected chi connectivity index (χ1v) is 11.1. The van der Waals surface area contributed by atoms with Crippen molar-refractivity contribution in [1.29, 1.82) is 0 Å². The Morgan fingerprint density at radius 3 is 2.39 bits per heavy atom. The fourth-order valence-electron chi connectivity index (χ4n) is 5.55. The van der Waals surface area contributed by atoms with E-state index in [-0.39, 0.29) is 30.1 Å². The zero-order valence-electron chi connectivity index (χ0n) is 18.3. The maximum Gasteiger partial charge on any atom is 0.247 e. The summed E-state index contributed by atoms with van der Waals surface area (Å²) < 4.78 is 17.7. The molecule has 2 aromatic carbocycles. The number of hydrogen-bond acceptors (Lipinski definition) is 5. The van der Waals surface area contributed by atoms with E-state index >= 15 is 0 Å². The summed E-state index contributed by atoms with van der Waals surface area (Å²) in [4.78, 5) is 15.8. The van der Waals surface area contributed by atoms with Crippen molar-refractivity contribution in [2.24, 2.45) is 11.8 Å². The minimum atomic E-state index is -0.550. The SMILES string of the molecule is COc1ccc(N2C[C@H]3C[C@@H]4OC(C)(C)O[C@@H]4C[C@H]3[C@@H]2C(=O)Nc2ccccc2)cc1. The van der Waals surface area contributed by atoms with Crippen LogP contribution in [0.5, 0.6) is 5.75 Å². The number of ether oxygens (including phenoxy) is 3. The highest BCUT2D eigenvalue weighted by molar-refractivity contribution is 5.97. The number of methoxy groups -OCH3 is 1. The van der Waals surface area contributed by atoms with Gasteiger partial charge in [0.15, 0.2) is 5.79 Å². The van der Waals surface area contributed by atoms with E-state index in [1.807, 2.05) is 68.4 Å². The Morgan fingerprint density at radius 1 is 1.03 bits per heavy atom. The van der Waals surface area contributed by atoms with Crippen molar-refractivity contribution in [3.63, 3.8) is 0 Å². The molecule has 2 saturated heterocycles. The number of rotatable bonds is 4. The van der Waals surface area contributed by atoms with Crippen LogP contribution in [0.15, 0.2) is 54.6 Å². The molecule has 0 aromatic heterocycles. The number of amides is 1. The molecule has 3 aliphatic rings. The van der Waals surface area contributed by atoms with Gasteiger partial charge >= 0.3 is 0 Å². The lowest BCUT2D eigenvalue weighted by molar-refractivity contribution is -0.146. The lowest BCUT2D eigenvalue weighted by Gasteiger charge is -2.34. The van der Waals surface area contributed by atoms with Crippen LogP contribution >= 0.6 is 0 Å². The molecule has 31 heavy (non-hydrogen) atoms. The summed E-state index contributed by atoms with van der Waals surface area (Å²) in [6.45, 7) is 4.78. The second-order valence-corrected chi connectivity index (χ2v) is 9.26. The average molecular weight is 423 g/mol. The lowest BCUT2D eigenvalue weighted by atomic mass is 9.75. The smallest absolute Gasteiger partial charge is 0.247 e. The molecular weight excluding hydrogens is 392 g/mol. The zero-order chi connectivity index (χ0) is 21.6. The summed E-state index contributed by atoms with van der Waals surface area (Å²) in [5, 5.41) is 3.14. The van der Waals surface area contributed by atoms with Crippen LogP contribution in [0.25, 0.3) is 0 Å². The summed E-state index contributed by atoms with van der Waals surface area (Å²) in [5.74, 6) is 0.887.